The van der Waals surface area contributed by atoms with Gasteiger partial charge in [0.1, 0.15) is 24.1 Å². The number of halogens is 1. The fourth-order valence-electron chi connectivity index (χ4n) is 2.16. The molecule has 150 valence electrons. The Kier molecular flexibility index (Phi) is 4.81. The lowest BCUT2D eigenvalue weighted by Crippen LogP contribution is -2.48. The van der Waals surface area contributed by atoms with E-state index < -0.39 is 66.1 Å². The molecule has 1 amide bonds. The molecule has 2 aliphatic heterocycles. The summed E-state index contributed by atoms with van der Waals surface area (Å²) in [5, 5.41) is 22.5. The highest BCUT2D eigenvalue weighted by atomic mass is 19.2. The molecule has 5 atom stereocenters. The molecule has 2 rings (SSSR count). The second-order valence-corrected chi connectivity index (χ2v) is 6.24. The topological polar surface area (TPSA) is 151 Å². The number of amides is 1. The summed E-state index contributed by atoms with van der Waals surface area (Å²) in [6.07, 6.45) is -7.39. The molecule has 0 aliphatic carbocycles. The number of alkyl halides is 1. The summed E-state index contributed by atoms with van der Waals surface area (Å²) in [4.78, 5) is 35.2. The van der Waals surface area contributed by atoms with Gasteiger partial charge in [0, 0.05) is 6.20 Å². The van der Waals surface area contributed by atoms with Crippen LogP contribution in [-0.2, 0) is 23.9 Å². The van der Waals surface area contributed by atoms with E-state index in [9.17, 15) is 24.6 Å². The third-order valence-electron chi connectivity index (χ3n) is 3.91. The van der Waals surface area contributed by atoms with Crippen molar-refractivity contribution in [2.24, 2.45) is 11.7 Å². The molecule has 0 saturated carbocycles. The van der Waals surface area contributed by atoms with Crippen molar-refractivity contribution in [3.8, 4) is 0 Å². The van der Waals surface area contributed by atoms with Gasteiger partial charge in [-0.3, -0.25) is 14.4 Å². The number of hydrogen-bond acceptors (Lipinski definition) is 9. The van der Waals surface area contributed by atoms with Gasteiger partial charge in [0.05, 0.1) is 9.69 Å². The van der Waals surface area contributed by atoms with Gasteiger partial charge in [-0.2, -0.15) is 0 Å². The Bertz CT molecular complexity index is 811. The first kappa shape index (κ1) is 16.8. The molecule has 1 fully saturated rings. The standard InChI is InChI=1S/C16H22FN3O7/c1-7(2)10(18)15(25)26-6-16(17)12(23)11(22)14(27-16)20-4-9(5-21)13(24)19-8(20)3/h4-5,7,10-12,14,22-23H,3,6,18H2,1-2H3,(H,19,24)/t10-,11+,12-,14+,16+/m0/s1/i6D2,14D. The van der Waals surface area contributed by atoms with Gasteiger partial charge in [-0.25, -0.2) is 4.39 Å². The number of esters is 1. The summed E-state index contributed by atoms with van der Waals surface area (Å²) in [6.45, 7) is 2.74. The van der Waals surface area contributed by atoms with Crippen LogP contribution in [0, 0.1) is 5.92 Å². The monoisotopic (exact) mass is 390 g/mol. The van der Waals surface area contributed by atoms with Crippen molar-refractivity contribution in [3.63, 3.8) is 0 Å². The molecule has 10 nitrogen and oxygen atoms in total. The normalized spacial score (nSPS) is 37.1. The molecule has 0 aromatic rings. The first-order valence-electron chi connectivity index (χ1n) is 9.32. The van der Waals surface area contributed by atoms with E-state index >= 15 is 4.39 Å². The predicted octanol–water partition coefficient (Wildman–Crippen LogP) is -1.76. The zero-order chi connectivity index (χ0) is 23.2. The number of hydrogen-bond donors (Lipinski definition) is 4. The van der Waals surface area contributed by atoms with Crippen LogP contribution in [0.4, 0.5) is 4.39 Å². The largest absolute Gasteiger partial charge is 0.458 e. The summed E-state index contributed by atoms with van der Waals surface area (Å²) in [5.41, 5.74) is 5.00. The maximum atomic E-state index is 15.5. The Morgan fingerprint density at radius 3 is 2.89 bits per heavy atom. The third-order valence-corrected chi connectivity index (χ3v) is 3.91. The van der Waals surface area contributed by atoms with Gasteiger partial charge in [-0.15, -0.1) is 0 Å². The number of nitrogens with two attached hydrogens (primary N) is 1. The molecule has 1 saturated heterocycles. The van der Waals surface area contributed by atoms with E-state index in [0.717, 1.165) is 0 Å². The first-order valence-corrected chi connectivity index (χ1v) is 7.82. The first-order chi connectivity index (χ1) is 13.6. The number of ether oxygens (including phenoxy) is 2. The van der Waals surface area contributed by atoms with Crippen LogP contribution in [-0.4, -0.2) is 70.1 Å². The highest BCUT2D eigenvalue weighted by Crippen LogP contribution is 2.36. The fourth-order valence-corrected chi connectivity index (χ4v) is 2.16. The molecule has 0 spiro atoms. The van der Waals surface area contributed by atoms with Gasteiger partial charge in [-0.1, -0.05) is 20.4 Å². The molecule has 0 radical (unpaired) electrons. The Balaban J connectivity index is 2.42. The zero-order valence-electron chi connectivity index (χ0n) is 17.5. The summed E-state index contributed by atoms with van der Waals surface area (Å²) < 4.78 is 48.6. The summed E-state index contributed by atoms with van der Waals surface area (Å²) in [6, 6.07) is -1.33. The Morgan fingerprint density at radius 2 is 2.33 bits per heavy atom. The van der Waals surface area contributed by atoms with E-state index in [2.05, 4.69) is 16.6 Å². The second kappa shape index (κ2) is 7.72. The van der Waals surface area contributed by atoms with Crippen molar-refractivity contribution < 1.29 is 42.6 Å². The molecule has 11 heteroatoms. The molecule has 2 aliphatic rings. The van der Waals surface area contributed by atoms with E-state index in [4.69, 9.17) is 14.6 Å². The molecule has 5 N–H and O–H groups in total. The number of aliphatic hydroxyl groups excluding tert-OH is 2. The molecule has 0 bridgehead atoms. The number of carbonyl (C=O) groups excluding carboxylic acids is 3. The van der Waals surface area contributed by atoms with Crippen LogP contribution in [0.2, 0.25) is 0 Å². The molecule has 2 heterocycles. The maximum Gasteiger partial charge on any atom is 0.323 e. The molecule has 0 aromatic heterocycles. The van der Waals surface area contributed by atoms with Gasteiger partial charge in [-0.05, 0) is 5.92 Å². The van der Waals surface area contributed by atoms with Crippen LogP contribution >= 0.6 is 0 Å². The van der Waals surface area contributed by atoms with Gasteiger partial charge in [0.15, 0.2) is 19.0 Å². The van der Waals surface area contributed by atoms with Crippen molar-refractivity contribution in [1.82, 2.24) is 10.2 Å². The number of aldehydes is 1. The van der Waals surface area contributed by atoms with Gasteiger partial charge >= 0.3 is 5.97 Å². The van der Waals surface area contributed by atoms with Crippen LogP contribution in [0.1, 0.15) is 18.0 Å². The molecule has 27 heavy (non-hydrogen) atoms. The SMILES string of the molecule is [2H]C([2H])(OC(=O)[C@@H](N)C(C)C)[C@@]1(F)O[C@@]([2H])(N2C=C(C=O)C(=O)NC2=C)[C@H](O)[C@@H]1O. The van der Waals surface area contributed by atoms with E-state index in [1.165, 1.54) is 13.8 Å². The lowest BCUT2D eigenvalue weighted by molar-refractivity contribution is -0.219. The van der Waals surface area contributed by atoms with Gasteiger partial charge < -0.3 is 35.6 Å². The van der Waals surface area contributed by atoms with Crippen molar-refractivity contribution >= 4 is 18.2 Å². The van der Waals surface area contributed by atoms with Crippen molar-refractivity contribution in [2.75, 3.05) is 6.56 Å². The number of aliphatic hydroxyl groups is 2. The zero-order valence-corrected chi connectivity index (χ0v) is 14.5. The minimum atomic E-state index is -3.93. The average Bonchev–Trinajstić information content (AvgIpc) is 2.82. The second-order valence-electron chi connectivity index (χ2n) is 6.24. The van der Waals surface area contributed by atoms with Gasteiger partial charge in [0.2, 0.25) is 0 Å². The minimum absolute atomic E-state index is 0.104. The van der Waals surface area contributed by atoms with Gasteiger partial charge in [0.25, 0.3) is 11.8 Å². The number of carbonyl (C=O) groups is 3. The lowest BCUT2D eigenvalue weighted by Gasteiger charge is -2.33. The maximum absolute atomic E-state index is 15.5. The Hall–Kier alpha value is -2.34. The summed E-state index contributed by atoms with van der Waals surface area (Å²) in [7, 11) is 0. The van der Waals surface area contributed by atoms with E-state index in [-0.39, 0.29) is 6.29 Å². The smallest absolute Gasteiger partial charge is 0.323 e. The molecular formula is C16H22FN3O7. The van der Waals surface area contributed by atoms with Crippen LogP contribution in [0.15, 0.2) is 24.2 Å². The molecule has 0 aromatic carbocycles. The lowest BCUT2D eigenvalue weighted by atomic mass is 10.1. The fraction of sp³-hybridized carbons (Fsp3) is 0.562. The Labute approximate surface area is 158 Å². The van der Waals surface area contributed by atoms with Crippen LogP contribution < -0.4 is 11.1 Å². The van der Waals surface area contributed by atoms with Crippen molar-refractivity contribution in [3.05, 3.63) is 24.2 Å². The highest BCUT2D eigenvalue weighted by molar-refractivity contribution is 6.11. The van der Waals surface area contributed by atoms with E-state index in [1.54, 1.807) is 0 Å². The number of nitrogens with one attached hydrogen (secondary N) is 1. The van der Waals surface area contributed by atoms with Crippen molar-refractivity contribution in [2.45, 2.75) is 44.2 Å². The summed E-state index contributed by atoms with van der Waals surface area (Å²) in [5.74, 6) is -7.11. The van der Waals surface area contributed by atoms with Crippen LogP contribution in [0.3, 0.4) is 0 Å². The number of nitrogens with zero attached hydrogens (tertiary/aromatic N) is 1. The third kappa shape index (κ3) is 4.00. The quantitative estimate of drug-likeness (QED) is 0.235. The van der Waals surface area contributed by atoms with Crippen LogP contribution in [0.5, 0.6) is 0 Å². The number of rotatable bonds is 6. The highest BCUT2D eigenvalue weighted by Gasteiger charge is 2.58. The van der Waals surface area contributed by atoms with Crippen LogP contribution in [0.25, 0.3) is 0 Å². The van der Waals surface area contributed by atoms with E-state index in [1.807, 2.05) is 0 Å². The average molecular weight is 390 g/mol. The molecular weight excluding hydrogens is 365 g/mol. The van der Waals surface area contributed by atoms with Crippen molar-refractivity contribution in [1.29, 1.82) is 0 Å². The molecule has 0 unspecified atom stereocenters. The predicted molar refractivity (Wildman–Crippen MR) is 87.8 cm³/mol. The van der Waals surface area contributed by atoms with E-state index in [0.29, 0.717) is 11.1 Å². The Morgan fingerprint density at radius 1 is 1.70 bits per heavy atom. The minimum Gasteiger partial charge on any atom is -0.458 e. The summed E-state index contributed by atoms with van der Waals surface area (Å²) >= 11 is 0.